The Balaban J connectivity index is 0.000000451. The summed E-state index contributed by atoms with van der Waals surface area (Å²) in [5.41, 5.74) is -4.17. The van der Waals surface area contributed by atoms with Crippen LogP contribution in [-0.2, 0) is 20.6 Å². The van der Waals surface area contributed by atoms with Gasteiger partial charge in [0.15, 0.2) is 5.69 Å². The van der Waals surface area contributed by atoms with Gasteiger partial charge in [-0.15, -0.1) is 0 Å². The average Bonchev–Trinajstić information content (AvgIpc) is 3.18. The van der Waals surface area contributed by atoms with Crippen molar-refractivity contribution in [2.45, 2.75) is 18.8 Å². The van der Waals surface area contributed by atoms with Crippen molar-refractivity contribution in [3.63, 3.8) is 0 Å². The van der Waals surface area contributed by atoms with E-state index in [1.54, 1.807) is 0 Å². The first-order chi connectivity index (χ1) is 14.4. The van der Waals surface area contributed by atoms with Crippen molar-refractivity contribution >= 4 is 29.7 Å². The molecule has 178 valence electrons. The summed E-state index contributed by atoms with van der Waals surface area (Å²) >= 11 is 0. The summed E-state index contributed by atoms with van der Waals surface area (Å²) in [5.74, 6) is -5.63. The first kappa shape index (κ1) is 24.9. The number of piperidine rings is 1. The molecule has 2 fully saturated rings. The summed E-state index contributed by atoms with van der Waals surface area (Å²) in [4.78, 5) is 42.0. The maximum absolute atomic E-state index is 13.1. The van der Waals surface area contributed by atoms with Gasteiger partial charge in [0.25, 0.3) is 0 Å². The van der Waals surface area contributed by atoms with E-state index in [1.807, 2.05) is 0 Å². The minimum absolute atomic E-state index is 0.0427. The predicted molar refractivity (Wildman–Crippen MR) is 92.0 cm³/mol. The second-order valence-corrected chi connectivity index (χ2v) is 7.41. The van der Waals surface area contributed by atoms with Crippen LogP contribution in [0.25, 0.3) is 0 Å². The standard InChI is InChI=1S/C14H15F3N4O4.C2HF3O2/c1-20(2)11-18-7(14(15,16)17)3-8(19-11)21-5-12(9(22)23)4-13(12,6-21)10(24)25;3-2(4,5)1(6)7/h3H,4-6H2,1-2H3,(H,22,23)(H,24,25);(H,6,7)/t12-,13+;. The van der Waals surface area contributed by atoms with E-state index in [1.165, 1.54) is 23.9 Å². The molecule has 10 nitrogen and oxygen atoms in total. The molecular weight excluding hydrogens is 458 g/mol. The second kappa shape index (κ2) is 7.67. The number of halogens is 6. The Morgan fingerprint density at radius 2 is 1.41 bits per heavy atom. The summed E-state index contributed by atoms with van der Waals surface area (Å²) in [6.45, 7) is -0.425. The maximum atomic E-state index is 13.1. The number of aliphatic carboxylic acids is 3. The molecule has 3 N–H and O–H groups in total. The van der Waals surface area contributed by atoms with Gasteiger partial charge in [0.05, 0.1) is 0 Å². The van der Waals surface area contributed by atoms with Crippen LogP contribution in [-0.4, -0.2) is 76.6 Å². The van der Waals surface area contributed by atoms with Gasteiger partial charge in [-0.05, 0) is 6.42 Å². The lowest BCUT2D eigenvalue weighted by molar-refractivity contribution is -0.192. The van der Waals surface area contributed by atoms with Crippen LogP contribution in [0.1, 0.15) is 12.1 Å². The highest BCUT2D eigenvalue weighted by atomic mass is 19.4. The van der Waals surface area contributed by atoms with E-state index >= 15 is 0 Å². The molecule has 1 aromatic heterocycles. The number of anilines is 2. The Bertz CT molecular complexity index is 924. The van der Waals surface area contributed by atoms with E-state index < -0.39 is 46.8 Å². The molecule has 16 heteroatoms. The summed E-state index contributed by atoms with van der Waals surface area (Å²) in [5, 5.41) is 25.9. The van der Waals surface area contributed by atoms with Crippen LogP contribution < -0.4 is 9.80 Å². The zero-order valence-electron chi connectivity index (χ0n) is 16.3. The van der Waals surface area contributed by atoms with Gasteiger partial charge in [-0.2, -0.15) is 31.3 Å². The first-order valence-corrected chi connectivity index (χ1v) is 8.53. The van der Waals surface area contributed by atoms with Gasteiger partial charge < -0.3 is 25.1 Å². The maximum Gasteiger partial charge on any atom is 0.490 e. The zero-order chi connectivity index (χ0) is 24.9. The van der Waals surface area contributed by atoms with Crippen molar-refractivity contribution in [1.82, 2.24) is 9.97 Å². The van der Waals surface area contributed by atoms with Crippen molar-refractivity contribution in [2.75, 3.05) is 37.0 Å². The molecule has 1 aliphatic carbocycles. The van der Waals surface area contributed by atoms with Gasteiger partial charge in [0.2, 0.25) is 5.95 Å². The Hall–Kier alpha value is -3.33. The molecule has 0 aromatic carbocycles. The third-order valence-electron chi connectivity index (χ3n) is 5.09. The van der Waals surface area contributed by atoms with Gasteiger partial charge in [0, 0.05) is 33.3 Å². The fraction of sp³-hybridized carbons (Fsp3) is 0.562. The topological polar surface area (TPSA) is 144 Å². The molecule has 0 amide bonds. The molecule has 2 heterocycles. The van der Waals surface area contributed by atoms with E-state index in [2.05, 4.69) is 9.97 Å². The highest BCUT2D eigenvalue weighted by molar-refractivity contribution is 5.95. The van der Waals surface area contributed by atoms with E-state index in [4.69, 9.17) is 9.90 Å². The summed E-state index contributed by atoms with van der Waals surface area (Å²) in [6.07, 6.45) is -9.83. The Kier molecular flexibility index (Phi) is 5.97. The van der Waals surface area contributed by atoms with Crippen molar-refractivity contribution in [3.05, 3.63) is 11.8 Å². The molecule has 2 atom stereocenters. The fourth-order valence-corrected chi connectivity index (χ4v) is 3.38. The van der Waals surface area contributed by atoms with Crippen molar-refractivity contribution in [2.24, 2.45) is 10.8 Å². The molecule has 0 unspecified atom stereocenters. The van der Waals surface area contributed by atoms with Crippen LogP contribution in [0.15, 0.2) is 6.07 Å². The number of alkyl halides is 6. The van der Waals surface area contributed by atoms with Crippen molar-refractivity contribution < 1.29 is 56.0 Å². The second-order valence-electron chi connectivity index (χ2n) is 7.41. The number of carboxylic acids is 3. The summed E-state index contributed by atoms with van der Waals surface area (Å²) < 4.78 is 71.0. The lowest BCUT2D eigenvalue weighted by Crippen LogP contribution is -2.30. The fourth-order valence-electron chi connectivity index (χ4n) is 3.38. The third-order valence-corrected chi connectivity index (χ3v) is 5.09. The largest absolute Gasteiger partial charge is 0.490 e. The number of carbonyl (C=O) groups is 3. The van der Waals surface area contributed by atoms with E-state index in [0.29, 0.717) is 6.07 Å². The average molecular weight is 474 g/mol. The number of rotatable bonds is 4. The van der Waals surface area contributed by atoms with Crippen LogP contribution in [0.2, 0.25) is 0 Å². The molecule has 1 aromatic rings. The van der Waals surface area contributed by atoms with Gasteiger partial charge in [-0.1, -0.05) is 0 Å². The molecule has 32 heavy (non-hydrogen) atoms. The quantitative estimate of drug-likeness (QED) is 0.550. The normalized spacial score (nSPS) is 24.2. The molecular formula is C16H16F6N4O6. The molecule has 1 saturated carbocycles. The van der Waals surface area contributed by atoms with Crippen LogP contribution in [0.3, 0.4) is 0 Å². The SMILES string of the molecule is CN(C)c1nc(N2C[C@@]3(C(=O)O)C[C@@]3(C(=O)O)C2)cc(C(F)(F)F)n1.O=C(O)C(F)(F)F. The smallest absolute Gasteiger partial charge is 0.481 e. The van der Waals surface area contributed by atoms with Crippen LogP contribution in [0.5, 0.6) is 0 Å². The van der Waals surface area contributed by atoms with Crippen LogP contribution >= 0.6 is 0 Å². The number of aromatic nitrogens is 2. The summed E-state index contributed by atoms with van der Waals surface area (Å²) in [6, 6.07) is 0.711. The molecule has 0 radical (unpaired) electrons. The Morgan fingerprint density at radius 3 is 1.72 bits per heavy atom. The van der Waals surface area contributed by atoms with Crippen molar-refractivity contribution in [3.8, 4) is 0 Å². The highest BCUT2D eigenvalue weighted by Gasteiger charge is 2.81. The number of fused-ring (bicyclic) bond motifs is 1. The minimum Gasteiger partial charge on any atom is -0.481 e. The molecule has 1 saturated heterocycles. The number of carboxylic acid groups (broad SMARTS) is 3. The zero-order valence-corrected chi connectivity index (χ0v) is 16.3. The van der Waals surface area contributed by atoms with E-state index in [0.717, 1.165) is 0 Å². The molecule has 0 bridgehead atoms. The number of hydrogen-bond donors (Lipinski definition) is 3. The van der Waals surface area contributed by atoms with Gasteiger partial charge in [-0.25, -0.2) is 9.78 Å². The molecule has 1 aliphatic heterocycles. The number of nitrogens with zero attached hydrogens (tertiary/aromatic N) is 4. The highest BCUT2D eigenvalue weighted by Crippen LogP contribution is 2.68. The monoisotopic (exact) mass is 474 g/mol. The van der Waals surface area contributed by atoms with Crippen LogP contribution in [0, 0.1) is 10.8 Å². The van der Waals surface area contributed by atoms with Crippen molar-refractivity contribution in [1.29, 1.82) is 0 Å². The molecule has 0 spiro atoms. The summed E-state index contributed by atoms with van der Waals surface area (Å²) in [7, 11) is 2.94. The molecule has 3 rings (SSSR count). The lowest BCUT2D eigenvalue weighted by atomic mass is 9.97. The number of hydrogen-bond acceptors (Lipinski definition) is 7. The Morgan fingerprint density at radius 1 is 0.969 bits per heavy atom. The van der Waals surface area contributed by atoms with Gasteiger partial charge in [-0.3, -0.25) is 9.59 Å². The Labute approximate surface area is 175 Å². The predicted octanol–water partition coefficient (Wildman–Crippen LogP) is 1.56. The lowest BCUT2D eigenvalue weighted by Gasteiger charge is -2.23. The minimum atomic E-state index is -5.08. The first-order valence-electron chi connectivity index (χ1n) is 8.53. The van der Waals surface area contributed by atoms with Gasteiger partial charge in [0.1, 0.15) is 16.6 Å². The molecule has 2 aliphatic rings. The van der Waals surface area contributed by atoms with Gasteiger partial charge >= 0.3 is 30.3 Å². The van der Waals surface area contributed by atoms with E-state index in [9.17, 15) is 46.1 Å². The third kappa shape index (κ3) is 4.34. The van der Waals surface area contributed by atoms with Crippen LogP contribution in [0.4, 0.5) is 38.1 Å². The van der Waals surface area contributed by atoms with E-state index in [-0.39, 0.29) is 31.3 Å².